The van der Waals surface area contributed by atoms with Crippen LogP contribution in [0, 0.1) is 0 Å². The second kappa shape index (κ2) is 10.4. The molecule has 2 nitrogen and oxygen atoms in total. The third-order valence-electron chi connectivity index (χ3n) is 10.7. The molecule has 0 aliphatic heterocycles. The predicted octanol–water partition coefficient (Wildman–Crippen LogP) is 12.4. The number of hydrogen-bond acceptors (Lipinski definition) is 2. The Kier molecular flexibility index (Phi) is 5.95. The first-order valence-corrected chi connectivity index (χ1v) is 17.0. The predicted molar refractivity (Wildman–Crippen MR) is 206 cm³/mol. The summed E-state index contributed by atoms with van der Waals surface area (Å²) in [6.07, 6.45) is 3.85. The van der Waals surface area contributed by atoms with Gasteiger partial charge in [0.15, 0.2) is 0 Å². The van der Waals surface area contributed by atoms with Gasteiger partial charge in [-0.3, -0.25) is 9.97 Å². The van der Waals surface area contributed by atoms with Gasteiger partial charge in [-0.1, -0.05) is 123 Å². The molecule has 49 heavy (non-hydrogen) atoms. The fourth-order valence-electron chi connectivity index (χ4n) is 8.44. The van der Waals surface area contributed by atoms with Gasteiger partial charge in [-0.2, -0.15) is 0 Å². The van der Waals surface area contributed by atoms with Gasteiger partial charge in [0, 0.05) is 23.4 Å². The Bertz CT molecular complexity index is 2780. The van der Waals surface area contributed by atoms with E-state index in [1.165, 1.54) is 82.0 Å². The fraction of sp³-hybridized carbons (Fsp3) is 0.0638. The third-order valence-corrected chi connectivity index (χ3v) is 10.7. The van der Waals surface area contributed by atoms with E-state index in [9.17, 15) is 0 Å². The van der Waals surface area contributed by atoms with Crippen molar-refractivity contribution in [3.8, 4) is 44.8 Å². The zero-order valence-corrected chi connectivity index (χ0v) is 27.4. The summed E-state index contributed by atoms with van der Waals surface area (Å²) in [6.45, 7) is 4.73. The summed E-state index contributed by atoms with van der Waals surface area (Å²) in [7, 11) is 0. The number of fused-ring (bicyclic) bond motifs is 8. The minimum absolute atomic E-state index is 0.125. The second-order valence-corrected chi connectivity index (χ2v) is 13.7. The van der Waals surface area contributed by atoms with Gasteiger partial charge in [0.25, 0.3) is 0 Å². The minimum atomic E-state index is -0.125. The van der Waals surface area contributed by atoms with Crippen LogP contribution in [0.5, 0.6) is 0 Å². The van der Waals surface area contributed by atoms with Crippen LogP contribution in [0.4, 0.5) is 0 Å². The summed E-state index contributed by atoms with van der Waals surface area (Å²) in [5.41, 5.74) is 11.9. The van der Waals surface area contributed by atoms with Crippen LogP contribution in [-0.4, -0.2) is 9.97 Å². The van der Waals surface area contributed by atoms with Crippen LogP contribution in [0.1, 0.15) is 25.0 Å². The lowest BCUT2D eigenvalue weighted by molar-refractivity contribution is 0.661. The van der Waals surface area contributed by atoms with E-state index in [1.807, 2.05) is 30.6 Å². The van der Waals surface area contributed by atoms with Crippen LogP contribution >= 0.6 is 0 Å². The maximum Gasteiger partial charge on any atom is 0.0886 e. The Morgan fingerprint density at radius 2 is 1.06 bits per heavy atom. The second-order valence-electron chi connectivity index (χ2n) is 13.7. The van der Waals surface area contributed by atoms with E-state index < -0.39 is 0 Å². The van der Waals surface area contributed by atoms with Crippen LogP contribution in [0.3, 0.4) is 0 Å². The van der Waals surface area contributed by atoms with Crippen molar-refractivity contribution in [2.45, 2.75) is 19.3 Å². The van der Waals surface area contributed by atoms with Gasteiger partial charge in [0.05, 0.1) is 11.4 Å². The summed E-state index contributed by atoms with van der Waals surface area (Å²) >= 11 is 0. The molecule has 230 valence electrons. The Morgan fingerprint density at radius 3 is 1.84 bits per heavy atom. The lowest BCUT2D eigenvalue weighted by Gasteiger charge is -2.24. The number of hydrogen-bond donors (Lipinski definition) is 0. The summed E-state index contributed by atoms with van der Waals surface area (Å²) in [4.78, 5) is 9.52. The van der Waals surface area contributed by atoms with Crippen molar-refractivity contribution < 1.29 is 0 Å². The van der Waals surface area contributed by atoms with Crippen molar-refractivity contribution in [3.05, 3.63) is 169 Å². The van der Waals surface area contributed by atoms with Gasteiger partial charge in [-0.05, 0) is 118 Å². The molecule has 0 saturated heterocycles. The topological polar surface area (TPSA) is 25.8 Å². The molecule has 2 heteroatoms. The smallest absolute Gasteiger partial charge is 0.0886 e. The maximum atomic E-state index is 4.97. The van der Waals surface area contributed by atoms with Gasteiger partial charge in [0.1, 0.15) is 0 Å². The van der Waals surface area contributed by atoms with E-state index in [0.29, 0.717) is 0 Å². The summed E-state index contributed by atoms with van der Waals surface area (Å²) in [6, 6.07) is 53.2. The first-order valence-electron chi connectivity index (χ1n) is 17.0. The lowest BCUT2D eigenvalue weighted by atomic mass is 9.79. The average molecular weight is 625 g/mol. The number of aromatic nitrogens is 2. The van der Waals surface area contributed by atoms with Gasteiger partial charge < -0.3 is 0 Å². The molecule has 0 radical (unpaired) electrons. The zero-order valence-electron chi connectivity index (χ0n) is 27.4. The first kappa shape index (κ1) is 27.9. The Labute approximate surface area is 285 Å². The van der Waals surface area contributed by atoms with Crippen molar-refractivity contribution in [1.29, 1.82) is 0 Å². The Hall–Kier alpha value is -6.12. The van der Waals surface area contributed by atoms with Crippen molar-refractivity contribution in [1.82, 2.24) is 9.97 Å². The maximum absolute atomic E-state index is 4.97. The van der Waals surface area contributed by atoms with Gasteiger partial charge in [-0.25, -0.2) is 0 Å². The number of benzene rings is 7. The molecule has 0 N–H and O–H groups in total. The molecule has 2 aromatic heterocycles. The molecule has 0 bridgehead atoms. The molecule has 7 aromatic carbocycles. The van der Waals surface area contributed by atoms with Crippen LogP contribution in [0.2, 0.25) is 0 Å². The first-order chi connectivity index (χ1) is 24.1. The average Bonchev–Trinajstić information content (AvgIpc) is 3.38. The molecule has 10 rings (SSSR count). The van der Waals surface area contributed by atoms with Crippen LogP contribution < -0.4 is 0 Å². The molecular weight excluding hydrogens is 593 g/mol. The van der Waals surface area contributed by atoms with E-state index in [-0.39, 0.29) is 5.41 Å². The van der Waals surface area contributed by atoms with Crippen molar-refractivity contribution in [2.75, 3.05) is 0 Å². The monoisotopic (exact) mass is 624 g/mol. The molecule has 0 fully saturated rings. The molecule has 0 atom stereocenters. The largest absolute Gasteiger partial charge is 0.255 e. The molecule has 0 amide bonds. The van der Waals surface area contributed by atoms with E-state index in [0.717, 1.165) is 17.0 Å². The third kappa shape index (κ3) is 4.07. The van der Waals surface area contributed by atoms with Crippen molar-refractivity contribution in [2.24, 2.45) is 0 Å². The molecule has 0 saturated carbocycles. The molecule has 9 aromatic rings. The van der Waals surface area contributed by atoms with Crippen LogP contribution in [0.15, 0.2) is 158 Å². The molecular formula is C47H32N2. The molecule has 0 spiro atoms. The quantitative estimate of drug-likeness (QED) is 0.144. The van der Waals surface area contributed by atoms with Crippen LogP contribution in [-0.2, 0) is 5.41 Å². The van der Waals surface area contributed by atoms with Gasteiger partial charge in [-0.15, -0.1) is 0 Å². The highest BCUT2D eigenvalue weighted by Crippen LogP contribution is 2.53. The lowest BCUT2D eigenvalue weighted by Crippen LogP contribution is -2.14. The fourth-order valence-corrected chi connectivity index (χ4v) is 8.44. The SMILES string of the molecule is CC1(C)c2ccccc2-c2cc3c(-c4cc5ccccc5c5ccccc45)c4ccccc4c(-c4ccc(-c5ccccn5)nc4)c3cc21. The molecule has 1 aliphatic rings. The normalized spacial score (nSPS) is 13.3. The molecule has 0 unspecified atom stereocenters. The highest BCUT2D eigenvalue weighted by Gasteiger charge is 2.36. The highest BCUT2D eigenvalue weighted by atomic mass is 14.8. The summed E-state index contributed by atoms with van der Waals surface area (Å²) in [5.74, 6) is 0. The van der Waals surface area contributed by atoms with Gasteiger partial charge >= 0.3 is 0 Å². The number of pyridine rings is 2. The van der Waals surface area contributed by atoms with E-state index in [2.05, 4.69) is 146 Å². The van der Waals surface area contributed by atoms with Gasteiger partial charge in [0.2, 0.25) is 0 Å². The number of rotatable bonds is 3. The van der Waals surface area contributed by atoms with Crippen molar-refractivity contribution >= 4 is 43.1 Å². The Balaban J connectivity index is 1.37. The molecule has 1 aliphatic carbocycles. The minimum Gasteiger partial charge on any atom is -0.255 e. The summed E-state index contributed by atoms with van der Waals surface area (Å²) in [5, 5.41) is 10.0. The van der Waals surface area contributed by atoms with E-state index >= 15 is 0 Å². The highest BCUT2D eigenvalue weighted by molar-refractivity contribution is 6.26. The zero-order chi connectivity index (χ0) is 32.7. The van der Waals surface area contributed by atoms with E-state index in [4.69, 9.17) is 4.98 Å². The van der Waals surface area contributed by atoms with Crippen LogP contribution in [0.25, 0.3) is 87.9 Å². The summed E-state index contributed by atoms with van der Waals surface area (Å²) < 4.78 is 0. The Morgan fingerprint density at radius 1 is 0.408 bits per heavy atom. The molecule has 2 heterocycles. The van der Waals surface area contributed by atoms with E-state index in [1.54, 1.807) is 0 Å². The standard InChI is InChI=1S/C47H32N2/c1-47(2)41-20-10-9-17-34(41)37-26-39-40(27-42(37)47)45(30-22-23-44(49-28-30)43-21-11-12-24-48-43)35-18-7-8-19-36(35)46(39)38-25-29-13-3-4-14-31(29)32-15-5-6-16-33(32)38/h3-28H,1-2H3. The van der Waals surface area contributed by atoms with Crippen molar-refractivity contribution in [3.63, 3.8) is 0 Å². The number of nitrogens with zero attached hydrogens (tertiary/aromatic N) is 2.